The van der Waals surface area contributed by atoms with Crippen LogP contribution in [0.2, 0.25) is 5.02 Å². The fourth-order valence-electron chi connectivity index (χ4n) is 2.12. The molecule has 5 nitrogen and oxygen atoms in total. The second-order valence-electron chi connectivity index (χ2n) is 5.57. The molecule has 0 radical (unpaired) electrons. The number of benzene rings is 2. The summed E-state index contributed by atoms with van der Waals surface area (Å²) in [7, 11) is 0. The highest BCUT2D eigenvalue weighted by Gasteiger charge is 2.36. The van der Waals surface area contributed by atoms with Crippen molar-refractivity contribution < 1.29 is 24.2 Å². The Balaban J connectivity index is 2.15. The number of hydrogen-bond acceptors (Lipinski definition) is 5. The van der Waals surface area contributed by atoms with Crippen LogP contribution in [0.15, 0.2) is 48.5 Å². The van der Waals surface area contributed by atoms with E-state index in [1.54, 1.807) is 55.5 Å². The predicted octanol–water partition coefficient (Wildman–Crippen LogP) is 3.26. The Morgan fingerprint density at radius 2 is 1.56 bits per heavy atom. The summed E-state index contributed by atoms with van der Waals surface area (Å²) in [4.78, 5) is 24.3. The van der Waals surface area contributed by atoms with E-state index in [0.29, 0.717) is 21.9 Å². The van der Waals surface area contributed by atoms with Gasteiger partial charge in [-0.3, -0.25) is 4.79 Å². The molecule has 1 N–H and O–H groups in total. The number of ether oxygens (including phenoxy) is 2. The molecule has 2 aromatic carbocycles. The second-order valence-corrected chi connectivity index (χ2v) is 6.01. The highest BCUT2D eigenvalue weighted by Crippen LogP contribution is 2.22. The maximum atomic E-state index is 12.4. The van der Waals surface area contributed by atoms with Gasteiger partial charge in [0.1, 0.15) is 5.75 Å². The number of aliphatic hydroxyl groups excluding tert-OH is 1. The summed E-state index contributed by atoms with van der Waals surface area (Å²) in [6.07, 6.45) is 0. The van der Waals surface area contributed by atoms with Crippen LogP contribution in [0.4, 0.5) is 0 Å². The Hall–Kier alpha value is -2.37. The van der Waals surface area contributed by atoms with Gasteiger partial charge in [-0.05, 0) is 62.4 Å². The van der Waals surface area contributed by atoms with Crippen LogP contribution in [-0.4, -0.2) is 35.7 Å². The van der Waals surface area contributed by atoms with Gasteiger partial charge in [0.15, 0.2) is 5.78 Å². The number of halogens is 1. The van der Waals surface area contributed by atoms with Crippen LogP contribution in [0.25, 0.3) is 0 Å². The largest absolute Gasteiger partial charge is 0.473 e. The minimum Gasteiger partial charge on any atom is -0.473 e. The average Bonchev–Trinajstić information content (AvgIpc) is 2.62. The third kappa shape index (κ3) is 4.59. The van der Waals surface area contributed by atoms with Gasteiger partial charge in [0.25, 0.3) is 0 Å². The lowest BCUT2D eigenvalue weighted by Gasteiger charge is -2.26. The molecule has 0 spiro atoms. The van der Waals surface area contributed by atoms with Gasteiger partial charge < -0.3 is 14.6 Å². The number of rotatable bonds is 7. The van der Waals surface area contributed by atoms with Crippen molar-refractivity contribution in [3.05, 3.63) is 64.7 Å². The lowest BCUT2D eigenvalue weighted by Crippen LogP contribution is -2.46. The van der Waals surface area contributed by atoms with Crippen LogP contribution in [-0.2, 0) is 9.53 Å². The molecule has 25 heavy (non-hydrogen) atoms. The molecule has 1 atom stereocenters. The van der Waals surface area contributed by atoms with Crippen molar-refractivity contribution in [3.63, 3.8) is 0 Å². The normalized spacial score (nSPS) is 13.0. The van der Waals surface area contributed by atoms with Gasteiger partial charge in [-0.1, -0.05) is 11.6 Å². The van der Waals surface area contributed by atoms with Crippen molar-refractivity contribution in [1.29, 1.82) is 0 Å². The third-order valence-corrected chi connectivity index (χ3v) is 3.83. The monoisotopic (exact) mass is 362 g/mol. The van der Waals surface area contributed by atoms with Crippen molar-refractivity contribution in [2.24, 2.45) is 0 Å². The Morgan fingerprint density at radius 3 is 2.04 bits per heavy atom. The summed E-state index contributed by atoms with van der Waals surface area (Å²) in [6, 6.07) is 12.9. The molecule has 1 unspecified atom stereocenters. The first kappa shape index (κ1) is 19.0. The molecule has 0 saturated heterocycles. The summed E-state index contributed by atoms with van der Waals surface area (Å²) in [5.74, 6) is -0.463. The molecule has 6 heteroatoms. The van der Waals surface area contributed by atoms with Gasteiger partial charge in [0, 0.05) is 16.1 Å². The molecule has 0 bridgehead atoms. The number of esters is 1. The maximum Gasteiger partial charge on any atom is 0.352 e. The topological polar surface area (TPSA) is 72.8 Å². The molecule has 0 fully saturated rings. The Labute approximate surface area is 151 Å². The lowest BCUT2D eigenvalue weighted by molar-refractivity contribution is -0.163. The Bertz CT molecular complexity index is 739. The summed E-state index contributed by atoms with van der Waals surface area (Å²) in [5, 5.41) is 10.0. The van der Waals surface area contributed by atoms with E-state index in [0.717, 1.165) is 0 Å². The number of carbonyl (C=O) groups excluding carboxylic acids is 2. The van der Waals surface area contributed by atoms with Crippen LogP contribution in [0.1, 0.15) is 29.8 Å². The van der Waals surface area contributed by atoms with Gasteiger partial charge >= 0.3 is 5.97 Å². The average molecular weight is 363 g/mol. The molecule has 0 amide bonds. The molecule has 0 heterocycles. The quantitative estimate of drug-likeness (QED) is 0.604. The molecule has 0 saturated carbocycles. The molecule has 0 aliphatic rings. The zero-order chi connectivity index (χ0) is 18.4. The zero-order valence-corrected chi connectivity index (χ0v) is 14.7. The highest BCUT2D eigenvalue weighted by molar-refractivity contribution is 6.30. The first-order valence-electron chi connectivity index (χ1n) is 7.77. The molecular formula is C19H19ClO5. The van der Waals surface area contributed by atoms with Crippen LogP contribution >= 0.6 is 11.6 Å². The van der Waals surface area contributed by atoms with E-state index < -0.39 is 18.2 Å². The molecule has 0 aliphatic carbocycles. The molecule has 132 valence electrons. The summed E-state index contributed by atoms with van der Waals surface area (Å²) in [5.41, 5.74) is -0.515. The molecular weight excluding hydrogens is 344 g/mol. The third-order valence-electron chi connectivity index (χ3n) is 3.57. The number of aliphatic hydroxyl groups is 1. The summed E-state index contributed by atoms with van der Waals surface area (Å²) in [6.45, 7) is 2.77. The SMILES string of the molecule is CCOC(=O)C(C)(CO)Oc1ccc(C(=O)c2ccc(Cl)cc2)cc1. The van der Waals surface area contributed by atoms with Crippen molar-refractivity contribution in [3.8, 4) is 5.75 Å². The Kier molecular flexibility index (Phi) is 6.17. The van der Waals surface area contributed by atoms with Crippen LogP contribution < -0.4 is 4.74 Å². The standard InChI is InChI=1S/C19H19ClO5/c1-3-24-18(23)19(2,12-21)25-16-10-6-14(7-11-16)17(22)13-4-8-15(20)9-5-13/h4-11,21H,3,12H2,1-2H3. The van der Waals surface area contributed by atoms with E-state index in [1.807, 2.05) is 0 Å². The van der Waals surface area contributed by atoms with E-state index in [2.05, 4.69) is 0 Å². The van der Waals surface area contributed by atoms with E-state index in [1.165, 1.54) is 6.92 Å². The van der Waals surface area contributed by atoms with E-state index in [-0.39, 0.29) is 12.4 Å². The maximum absolute atomic E-state index is 12.4. The zero-order valence-electron chi connectivity index (χ0n) is 14.0. The lowest BCUT2D eigenvalue weighted by atomic mass is 10.0. The number of hydrogen-bond donors (Lipinski definition) is 1. The van der Waals surface area contributed by atoms with Gasteiger partial charge in [0.05, 0.1) is 13.2 Å². The van der Waals surface area contributed by atoms with E-state index in [4.69, 9.17) is 21.1 Å². The second kappa shape index (κ2) is 8.14. The summed E-state index contributed by atoms with van der Waals surface area (Å²) >= 11 is 5.82. The Morgan fingerprint density at radius 1 is 1.04 bits per heavy atom. The highest BCUT2D eigenvalue weighted by atomic mass is 35.5. The van der Waals surface area contributed by atoms with Crippen LogP contribution in [0.3, 0.4) is 0 Å². The van der Waals surface area contributed by atoms with Gasteiger partial charge in [-0.2, -0.15) is 0 Å². The number of ketones is 1. The molecule has 0 aliphatic heterocycles. The molecule has 2 rings (SSSR count). The van der Waals surface area contributed by atoms with Crippen molar-refractivity contribution in [1.82, 2.24) is 0 Å². The first-order valence-corrected chi connectivity index (χ1v) is 8.15. The molecule has 0 aromatic heterocycles. The first-order chi connectivity index (χ1) is 11.9. The summed E-state index contributed by atoms with van der Waals surface area (Å²) < 4.78 is 10.5. The van der Waals surface area contributed by atoms with Gasteiger partial charge in [0.2, 0.25) is 5.60 Å². The minimum absolute atomic E-state index is 0.154. The van der Waals surface area contributed by atoms with E-state index in [9.17, 15) is 14.7 Å². The molecule has 2 aromatic rings. The van der Waals surface area contributed by atoms with Crippen molar-refractivity contribution in [2.75, 3.05) is 13.2 Å². The smallest absolute Gasteiger partial charge is 0.352 e. The van der Waals surface area contributed by atoms with Crippen LogP contribution in [0.5, 0.6) is 5.75 Å². The van der Waals surface area contributed by atoms with E-state index >= 15 is 0 Å². The fourth-order valence-corrected chi connectivity index (χ4v) is 2.25. The fraction of sp³-hybridized carbons (Fsp3) is 0.263. The van der Waals surface area contributed by atoms with Crippen LogP contribution in [0, 0.1) is 0 Å². The minimum atomic E-state index is -1.50. The van der Waals surface area contributed by atoms with Crippen molar-refractivity contribution in [2.45, 2.75) is 19.4 Å². The van der Waals surface area contributed by atoms with Crippen molar-refractivity contribution >= 4 is 23.4 Å². The van der Waals surface area contributed by atoms with Gasteiger partial charge in [-0.15, -0.1) is 0 Å². The number of carbonyl (C=O) groups is 2. The predicted molar refractivity (Wildman–Crippen MR) is 94.1 cm³/mol. The van der Waals surface area contributed by atoms with Gasteiger partial charge in [-0.25, -0.2) is 4.79 Å².